The first kappa shape index (κ1) is 13.9. The molecule has 4 nitrogen and oxygen atoms in total. The van der Waals surface area contributed by atoms with Crippen molar-refractivity contribution in [1.29, 1.82) is 0 Å². The first-order chi connectivity index (χ1) is 7.47. The third-order valence-corrected chi connectivity index (χ3v) is 4.58. The van der Waals surface area contributed by atoms with Gasteiger partial charge >= 0.3 is 0 Å². The van der Waals surface area contributed by atoms with Crippen LogP contribution >= 0.6 is 0 Å². The minimum absolute atomic E-state index is 0.166. The molecule has 0 radical (unpaired) electrons. The van der Waals surface area contributed by atoms with Gasteiger partial charge in [0.25, 0.3) is 0 Å². The molecule has 0 spiro atoms. The fourth-order valence-corrected chi connectivity index (χ4v) is 3.34. The normalized spacial score (nSPS) is 20.9. The number of aliphatic hydroxyl groups is 1. The molecule has 1 rings (SSSR count). The Balaban J connectivity index is 2.37. The molecule has 0 aromatic carbocycles. The van der Waals surface area contributed by atoms with E-state index in [9.17, 15) is 13.5 Å². The lowest BCUT2D eigenvalue weighted by molar-refractivity contribution is 0.00946. The van der Waals surface area contributed by atoms with Gasteiger partial charge in [0.05, 0.1) is 11.4 Å². The van der Waals surface area contributed by atoms with Crippen molar-refractivity contribution in [1.82, 2.24) is 4.72 Å². The predicted octanol–water partition coefficient (Wildman–Crippen LogP) is 1.40. The fraction of sp³-hybridized carbons (Fsp3) is 1.00. The third-order valence-electron chi connectivity index (χ3n) is 3.17. The summed E-state index contributed by atoms with van der Waals surface area (Å²) in [4.78, 5) is 0. The van der Waals surface area contributed by atoms with Crippen molar-refractivity contribution < 1.29 is 13.5 Å². The van der Waals surface area contributed by atoms with Crippen LogP contribution in [0.4, 0.5) is 0 Å². The van der Waals surface area contributed by atoms with Gasteiger partial charge in [0.2, 0.25) is 10.0 Å². The van der Waals surface area contributed by atoms with Gasteiger partial charge in [0.1, 0.15) is 0 Å². The minimum atomic E-state index is -3.19. The standard InChI is InChI=1S/C11H23NO3S/c1-2-3-9-16(14,15)12-10-11(13)7-5-4-6-8-11/h12-13H,2-10H2,1H3. The van der Waals surface area contributed by atoms with Crippen molar-refractivity contribution in [3.63, 3.8) is 0 Å². The second-order valence-corrected chi connectivity index (χ2v) is 6.70. The van der Waals surface area contributed by atoms with Crippen molar-refractivity contribution in [3.8, 4) is 0 Å². The Bertz CT molecular complexity index is 294. The number of unbranched alkanes of at least 4 members (excludes halogenated alkanes) is 1. The van der Waals surface area contributed by atoms with Crippen LogP contribution in [0.3, 0.4) is 0 Å². The Morgan fingerprint density at radius 2 is 1.88 bits per heavy atom. The molecule has 16 heavy (non-hydrogen) atoms. The largest absolute Gasteiger partial charge is 0.389 e. The van der Waals surface area contributed by atoms with Crippen molar-refractivity contribution in [3.05, 3.63) is 0 Å². The Morgan fingerprint density at radius 1 is 1.25 bits per heavy atom. The molecule has 1 saturated carbocycles. The van der Waals surface area contributed by atoms with Crippen LogP contribution in [0, 0.1) is 0 Å². The molecular weight excluding hydrogens is 226 g/mol. The Kier molecular flexibility index (Phi) is 5.21. The van der Waals surface area contributed by atoms with E-state index in [-0.39, 0.29) is 12.3 Å². The highest BCUT2D eigenvalue weighted by atomic mass is 32.2. The SMILES string of the molecule is CCCCS(=O)(=O)NCC1(O)CCCCC1. The lowest BCUT2D eigenvalue weighted by Crippen LogP contribution is -2.44. The van der Waals surface area contributed by atoms with Gasteiger partial charge in [-0.05, 0) is 19.3 Å². The molecule has 0 heterocycles. The smallest absolute Gasteiger partial charge is 0.211 e. The van der Waals surface area contributed by atoms with Crippen molar-refractivity contribution in [2.24, 2.45) is 0 Å². The fourth-order valence-electron chi connectivity index (χ4n) is 2.04. The van der Waals surface area contributed by atoms with Crippen LogP contribution in [0.1, 0.15) is 51.9 Å². The average molecular weight is 249 g/mol. The highest BCUT2D eigenvalue weighted by Gasteiger charge is 2.30. The highest BCUT2D eigenvalue weighted by molar-refractivity contribution is 7.89. The van der Waals surface area contributed by atoms with E-state index in [1.165, 1.54) is 0 Å². The summed E-state index contributed by atoms with van der Waals surface area (Å²) in [5.74, 6) is 0.166. The molecule has 0 aliphatic heterocycles. The number of rotatable bonds is 6. The molecule has 0 unspecified atom stereocenters. The van der Waals surface area contributed by atoms with E-state index in [0.717, 1.165) is 25.7 Å². The summed E-state index contributed by atoms with van der Waals surface area (Å²) in [6.45, 7) is 2.14. The molecular formula is C11H23NO3S. The van der Waals surface area contributed by atoms with Gasteiger partial charge in [-0.25, -0.2) is 13.1 Å². The average Bonchev–Trinajstić information content (AvgIpc) is 2.25. The van der Waals surface area contributed by atoms with Crippen LogP contribution in [-0.2, 0) is 10.0 Å². The third kappa shape index (κ3) is 4.80. The molecule has 1 fully saturated rings. The molecule has 0 saturated heterocycles. The summed E-state index contributed by atoms with van der Waals surface area (Å²) in [7, 11) is -3.19. The maximum atomic E-state index is 11.6. The van der Waals surface area contributed by atoms with Crippen molar-refractivity contribution in [2.75, 3.05) is 12.3 Å². The molecule has 2 N–H and O–H groups in total. The molecule has 0 atom stereocenters. The van der Waals surface area contributed by atoms with Gasteiger partial charge in [0.15, 0.2) is 0 Å². The van der Waals surface area contributed by atoms with E-state index in [0.29, 0.717) is 19.3 Å². The van der Waals surface area contributed by atoms with E-state index in [1.54, 1.807) is 0 Å². The highest BCUT2D eigenvalue weighted by Crippen LogP contribution is 2.27. The molecule has 96 valence electrons. The lowest BCUT2D eigenvalue weighted by Gasteiger charge is -2.32. The Labute approximate surface area is 98.5 Å². The predicted molar refractivity (Wildman–Crippen MR) is 64.7 cm³/mol. The van der Waals surface area contributed by atoms with Crippen LogP contribution in [0.25, 0.3) is 0 Å². The van der Waals surface area contributed by atoms with Gasteiger partial charge < -0.3 is 5.11 Å². The van der Waals surface area contributed by atoms with Crippen LogP contribution < -0.4 is 4.72 Å². The molecule has 0 amide bonds. The quantitative estimate of drug-likeness (QED) is 0.748. The maximum Gasteiger partial charge on any atom is 0.211 e. The topological polar surface area (TPSA) is 66.4 Å². The number of hydrogen-bond acceptors (Lipinski definition) is 3. The van der Waals surface area contributed by atoms with E-state index in [4.69, 9.17) is 0 Å². The number of sulfonamides is 1. The summed E-state index contributed by atoms with van der Waals surface area (Å²) >= 11 is 0. The maximum absolute atomic E-state index is 11.6. The molecule has 0 bridgehead atoms. The summed E-state index contributed by atoms with van der Waals surface area (Å²) < 4.78 is 25.6. The van der Waals surface area contributed by atoms with E-state index < -0.39 is 15.6 Å². The van der Waals surface area contributed by atoms with Gasteiger partial charge in [0, 0.05) is 6.54 Å². The molecule has 1 aliphatic rings. The van der Waals surface area contributed by atoms with Crippen LogP contribution in [0.2, 0.25) is 0 Å². The molecule has 5 heteroatoms. The zero-order chi connectivity index (χ0) is 12.1. The van der Waals surface area contributed by atoms with Gasteiger partial charge in [-0.1, -0.05) is 32.6 Å². The van der Waals surface area contributed by atoms with Crippen LogP contribution in [-0.4, -0.2) is 31.4 Å². The van der Waals surface area contributed by atoms with Gasteiger partial charge in [-0.2, -0.15) is 0 Å². The van der Waals surface area contributed by atoms with E-state index >= 15 is 0 Å². The van der Waals surface area contributed by atoms with E-state index in [2.05, 4.69) is 4.72 Å². The van der Waals surface area contributed by atoms with Gasteiger partial charge in [-0.15, -0.1) is 0 Å². The second kappa shape index (κ2) is 5.98. The Morgan fingerprint density at radius 3 is 2.44 bits per heavy atom. The summed E-state index contributed by atoms with van der Waals surface area (Å²) in [6, 6.07) is 0. The zero-order valence-electron chi connectivity index (χ0n) is 10.0. The van der Waals surface area contributed by atoms with Gasteiger partial charge in [-0.3, -0.25) is 0 Å². The van der Waals surface area contributed by atoms with Crippen LogP contribution in [0.5, 0.6) is 0 Å². The number of hydrogen-bond donors (Lipinski definition) is 2. The zero-order valence-corrected chi connectivity index (χ0v) is 10.9. The Hall–Kier alpha value is -0.130. The van der Waals surface area contributed by atoms with Crippen molar-refractivity contribution in [2.45, 2.75) is 57.5 Å². The second-order valence-electron chi connectivity index (χ2n) is 4.78. The lowest BCUT2D eigenvalue weighted by atomic mass is 9.85. The summed E-state index contributed by atoms with van der Waals surface area (Å²) in [6.07, 6.45) is 6.09. The van der Waals surface area contributed by atoms with E-state index in [1.807, 2.05) is 6.92 Å². The monoisotopic (exact) mass is 249 g/mol. The van der Waals surface area contributed by atoms with Crippen LogP contribution in [0.15, 0.2) is 0 Å². The molecule has 1 aliphatic carbocycles. The molecule has 0 aromatic rings. The minimum Gasteiger partial charge on any atom is -0.389 e. The first-order valence-corrected chi connectivity index (χ1v) is 7.82. The van der Waals surface area contributed by atoms with Crippen molar-refractivity contribution >= 4 is 10.0 Å². The number of nitrogens with one attached hydrogen (secondary N) is 1. The summed E-state index contributed by atoms with van der Waals surface area (Å²) in [5, 5.41) is 10.1. The first-order valence-electron chi connectivity index (χ1n) is 6.17. The summed E-state index contributed by atoms with van der Waals surface area (Å²) in [5.41, 5.74) is -0.808. The molecule has 0 aromatic heterocycles.